The van der Waals surface area contributed by atoms with Crippen LogP contribution in [0.1, 0.15) is 46.7 Å². The van der Waals surface area contributed by atoms with Gasteiger partial charge >= 0.3 is 0 Å². The third kappa shape index (κ3) is 3.44. The Labute approximate surface area is 173 Å². The van der Waals surface area contributed by atoms with Gasteiger partial charge in [0.05, 0.1) is 5.75 Å². The van der Waals surface area contributed by atoms with E-state index in [-0.39, 0.29) is 5.91 Å². The predicted octanol–water partition coefficient (Wildman–Crippen LogP) is 5.10. The number of fused-ring (bicyclic) bond motifs is 4. The molecule has 0 bridgehead atoms. The van der Waals surface area contributed by atoms with Crippen LogP contribution in [0.3, 0.4) is 0 Å². The Morgan fingerprint density at radius 3 is 2.89 bits per heavy atom. The molecule has 0 atom stereocenters. The largest absolute Gasteiger partial charge is 0.325 e. The Hall–Kier alpha value is -1.92. The van der Waals surface area contributed by atoms with E-state index in [1.165, 1.54) is 58.0 Å². The van der Waals surface area contributed by atoms with Gasteiger partial charge in [0.2, 0.25) is 5.91 Å². The van der Waals surface area contributed by atoms with Crippen molar-refractivity contribution in [3.63, 3.8) is 0 Å². The predicted molar refractivity (Wildman–Crippen MR) is 117 cm³/mol. The van der Waals surface area contributed by atoms with Crippen molar-refractivity contribution < 1.29 is 4.79 Å². The first-order valence-electron chi connectivity index (χ1n) is 10.0. The van der Waals surface area contributed by atoms with E-state index in [4.69, 9.17) is 0 Å². The van der Waals surface area contributed by atoms with Crippen LogP contribution >= 0.6 is 23.1 Å². The highest BCUT2D eigenvalue weighted by Crippen LogP contribution is 2.39. The van der Waals surface area contributed by atoms with E-state index >= 15 is 0 Å². The van der Waals surface area contributed by atoms with Gasteiger partial charge in [0, 0.05) is 16.0 Å². The van der Waals surface area contributed by atoms with E-state index < -0.39 is 0 Å². The summed E-state index contributed by atoms with van der Waals surface area (Å²) in [6.07, 6.45) is 8.25. The molecule has 1 N–H and O–H groups in total. The van der Waals surface area contributed by atoms with Gasteiger partial charge in [0.25, 0.3) is 0 Å². The Balaban J connectivity index is 1.34. The lowest BCUT2D eigenvalue weighted by atomic mass is 9.97. The van der Waals surface area contributed by atoms with Gasteiger partial charge in [0.1, 0.15) is 15.7 Å². The Kier molecular flexibility index (Phi) is 4.85. The molecule has 0 aliphatic heterocycles. The molecule has 1 aromatic carbocycles. The van der Waals surface area contributed by atoms with E-state index in [1.807, 2.05) is 24.3 Å². The topological polar surface area (TPSA) is 54.9 Å². The van der Waals surface area contributed by atoms with E-state index in [0.717, 1.165) is 47.1 Å². The Morgan fingerprint density at radius 1 is 1.11 bits per heavy atom. The molecule has 2 aromatic heterocycles. The molecule has 2 aliphatic rings. The quantitative estimate of drug-likeness (QED) is 0.481. The fourth-order valence-electron chi connectivity index (χ4n) is 4.31. The summed E-state index contributed by atoms with van der Waals surface area (Å²) in [6, 6.07) is 6.31. The lowest BCUT2D eigenvalue weighted by Gasteiger charge is -2.12. The van der Waals surface area contributed by atoms with Gasteiger partial charge in [-0.05, 0) is 80.7 Å². The van der Waals surface area contributed by atoms with E-state index in [2.05, 4.69) is 27.4 Å². The van der Waals surface area contributed by atoms with Crippen LogP contribution in [0.4, 0.5) is 5.69 Å². The van der Waals surface area contributed by atoms with E-state index in [0.29, 0.717) is 5.75 Å². The van der Waals surface area contributed by atoms with Gasteiger partial charge in [0.15, 0.2) is 0 Å². The number of hydrogen-bond acceptors (Lipinski definition) is 5. The summed E-state index contributed by atoms with van der Waals surface area (Å²) < 4.78 is 0. The lowest BCUT2D eigenvalue weighted by molar-refractivity contribution is -0.113. The number of carbonyl (C=O) groups excluding carboxylic acids is 1. The molecular formula is C22H23N3OS2. The molecule has 3 aromatic rings. The number of hydrogen-bond donors (Lipinski definition) is 1. The minimum absolute atomic E-state index is 0.0245. The number of rotatable bonds is 4. The first-order chi connectivity index (χ1) is 13.7. The van der Waals surface area contributed by atoms with Gasteiger partial charge in [-0.2, -0.15) is 0 Å². The summed E-state index contributed by atoms with van der Waals surface area (Å²) in [5.74, 6) is 1.18. The van der Waals surface area contributed by atoms with Crippen molar-refractivity contribution in [2.24, 2.45) is 0 Å². The van der Waals surface area contributed by atoms with Crippen molar-refractivity contribution in [2.75, 3.05) is 11.1 Å². The molecule has 0 radical (unpaired) electrons. The molecule has 2 aliphatic carbocycles. The number of anilines is 1. The molecule has 0 spiro atoms. The first kappa shape index (κ1) is 18.1. The molecule has 2 heterocycles. The smallest absolute Gasteiger partial charge is 0.234 e. The molecule has 0 saturated carbocycles. The van der Waals surface area contributed by atoms with Crippen LogP contribution in [-0.2, 0) is 30.5 Å². The highest BCUT2D eigenvalue weighted by Gasteiger charge is 2.21. The van der Waals surface area contributed by atoms with Gasteiger partial charge < -0.3 is 5.32 Å². The second kappa shape index (κ2) is 7.48. The fourth-order valence-corrected chi connectivity index (χ4v) is 6.58. The molecular weight excluding hydrogens is 386 g/mol. The van der Waals surface area contributed by atoms with Crippen LogP contribution in [0, 0.1) is 6.92 Å². The number of thiophene rings is 1. The Bertz CT molecular complexity index is 1070. The number of carbonyl (C=O) groups is 1. The number of aryl methyl sites for hydroxylation is 5. The summed E-state index contributed by atoms with van der Waals surface area (Å²) in [5.41, 5.74) is 5.13. The molecule has 6 heteroatoms. The number of aromatic nitrogens is 2. The molecule has 0 saturated heterocycles. The van der Waals surface area contributed by atoms with Crippen LogP contribution in [0.5, 0.6) is 0 Å². The summed E-state index contributed by atoms with van der Waals surface area (Å²) >= 11 is 3.35. The highest BCUT2D eigenvalue weighted by atomic mass is 32.2. The van der Waals surface area contributed by atoms with Crippen molar-refractivity contribution in [2.45, 2.75) is 56.9 Å². The average molecular weight is 410 g/mol. The van der Waals surface area contributed by atoms with Crippen molar-refractivity contribution in [1.82, 2.24) is 9.97 Å². The van der Waals surface area contributed by atoms with Crippen LogP contribution in [-0.4, -0.2) is 21.6 Å². The van der Waals surface area contributed by atoms with Crippen LogP contribution in [0.15, 0.2) is 23.2 Å². The van der Waals surface area contributed by atoms with Gasteiger partial charge in [-0.3, -0.25) is 4.79 Å². The molecule has 0 unspecified atom stereocenters. The number of benzene rings is 1. The van der Waals surface area contributed by atoms with Crippen molar-refractivity contribution >= 4 is 44.9 Å². The summed E-state index contributed by atoms with van der Waals surface area (Å²) in [6.45, 7) is 1.94. The molecule has 5 rings (SSSR count). The van der Waals surface area contributed by atoms with Gasteiger partial charge in [-0.1, -0.05) is 17.8 Å². The van der Waals surface area contributed by atoms with E-state index in [1.54, 1.807) is 0 Å². The standard InChI is InChI=1S/C22H23N3OS2/c1-13-23-21(20-17-7-2-3-8-18(17)28-22(20)24-13)27-12-19(26)25-16-10-9-14-5-4-6-15(14)11-16/h9-11H,2-8,12H2,1H3,(H,25,26). The minimum atomic E-state index is 0.0245. The average Bonchev–Trinajstić information content (AvgIpc) is 3.29. The lowest BCUT2D eigenvalue weighted by Crippen LogP contribution is -2.14. The normalized spacial score (nSPS) is 15.5. The summed E-state index contributed by atoms with van der Waals surface area (Å²) in [4.78, 5) is 24.5. The second-order valence-electron chi connectivity index (χ2n) is 7.64. The van der Waals surface area contributed by atoms with Crippen LogP contribution in [0.2, 0.25) is 0 Å². The van der Waals surface area contributed by atoms with E-state index in [9.17, 15) is 4.79 Å². The zero-order chi connectivity index (χ0) is 19.1. The number of amides is 1. The molecule has 0 fully saturated rings. The summed E-state index contributed by atoms with van der Waals surface area (Å²) in [5, 5.41) is 5.22. The van der Waals surface area contributed by atoms with Crippen LogP contribution in [0.25, 0.3) is 10.2 Å². The van der Waals surface area contributed by atoms with Gasteiger partial charge in [-0.15, -0.1) is 11.3 Å². The highest BCUT2D eigenvalue weighted by molar-refractivity contribution is 8.00. The molecule has 4 nitrogen and oxygen atoms in total. The van der Waals surface area contributed by atoms with Gasteiger partial charge in [-0.25, -0.2) is 9.97 Å². The molecule has 28 heavy (non-hydrogen) atoms. The second-order valence-corrected chi connectivity index (χ2v) is 9.69. The number of nitrogens with zero attached hydrogens (tertiary/aromatic N) is 2. The molecule has 144 valence electrons. The third-order valence-electron chi connectivity index (χ3n) is 5.62. The summed E-state index contributed by atoms with van der Waals surface area (Å²) in [7, 11) is 0. The SMILES string of the molecule is Cc1nc(SCC(=O)Nc2ccc3c(c2)CCC3)c2c3c(sc2n1)CCCC3. The zero-order valence-corrected chi connectivity index (χ0v) is 17.6. The zero-order valence-electron chi connectivity index (χ0n) is 16.0. The fraction of sp³-hybridized carbons (Fsp3) is 0.409. The molecule has 1 amide bonds. The monoisotopic (exact) mass is 409 g/mol. The first-order valence-corrected chi connectivity index (χ1v) is 11.8. The van der Waals surface area contributed by atoms with Crippen molar-refractivity contribution in [3.05, 3.63) is 45.6 Å². The van der Waals surface area contributed by atoms with Crippen molar-refractivity contribution in [3.8, 4) is 0 Å². The van der Waals surface area contributed by atoms with Crippen LogP contribution < -0.4 is 5.32 Å². The minimum Gasteiger partial charge on any atom is -0.325 e. The number of thioether (sulfide) groups is 1. The van der Waals surface area contributed by atoms with Crippen molar-refractivity contribution in [1.29, 1.82) is 0 Å². The number of nitrogens with one attached hydrogen (secondary N) is 1. The third-order valence-corrected chi connectivity index (χ3v) is 7.78. The maximum atomic E-state index is 12.6. The maximum absolute atomic E-state index is 12.6. The maximum Gasteiger partial charge on any atom is 0.234 e. The Morgan fingerprint density at radius 2 is 1.96 bits per heavy atom.